The summed E-state index contributed by atoms with van der Waals surface area (Å²) < 4.78 is 5.63. The Bertz CT molecular complexity index is 991. The molecule has 0 saturated heterocycles. The number of hydrogen-bond acceptors (Lipinski definition) is 6. The number of nitro groups is 1. The molecule has 144 valence electrons. The number of benzene rings is 2. The van der Waals surface area contributed by atoms with Gasteiger partial charge < -0.3 is 9.64 Å². The zero-order valence-corrected chi connectivity index (χ0v) is 16.4. The zero-order chi connectivity index (χ0) is 20.1. The van der Waals surface area contributed by atoms with E-state index in [0.29, 0.717) is 21.3 Å². The van der Waals surface area contributed by atoms with Gasteiger partial charge in [-0.05, 0) is 24.3 Å². The SMILES string of the molecule is CN(Cc1ccccc1[N+](=O)[O-])C(=O)c1csc(COc2ccc(Cl)cc2)n1. The van der Waals surface area contributed by atoms with Gasteiger partial charge >= 0.3 is 0 Å². The Labute approximate surface area is 170 Å². The molecule has 9 heteroatoms. The molecule has 0 radical (unpaired) electrons. The largest absolute Gasteiger partial charge is 0.486 e. The first-order chi connectivity index (χ1) is 13.4. The van der Waals surface area contributed by atoms with Gasteiger partial charge in [0.1, 0.15) is 23.1 Å². The van der Waals surface area contributed by atoms with E-state index in [2.05, 4.69) is 4.98 Å². The van der Waals surface area contributed by atoms with Gasteiger partial charge in [0.25, 0.3) is 11.6 Å². The third-order valence-corrected chi connectivity index (χ3v) is 4.96. The van der Waals surface area contributed by atoms with E-state index in [-0.39, 0.29) is 30.4 Å². The van der Waals surface area contributed by atoms with Gasteiger partial charge in [0, 0.05) is 29.1 Å². The molecule has 2 aromatic carbocycles. The van der Waals surface area contributed by atoms with Gasteiger partial charge in [-0.3, -0.25) is 14.9 Å². The third-order valence-electron chi connectivity index (χ3n) is 3.89. The lowest BCUT2D eigenvalue weighted by atomic mass is 10.1. The van der Waals surface area contributed by atoms with E-state index in [0.717, 1.165) is 0 Å². The van der Waals surface area contributed by atoms with Crippen molar-refractivity contribution in [2.24, 2.45) is 0 Å². The molecule has 0 saturated carbocycles. The molecule has 0 spiro atoms. The van der Waals surface area contributed by atoms with Gasteiger partial charge in [0.15, 0.2) is 0 Å². The van der Waals surface area contributed by atoms with Crippen LogP contribution in [0.25, 0.3) is 0 Å². The standard InChI is InChI=1S/C19H16ClN3O4S/c1-22(10-13-4-2-3-5-17(13)23(25)26)19(24)16-12-28-18(21-16)11-27-15-8-6-14(20)7-9-15/h2-9,12H,10-11H2,1H3. The van der Waals surface area contributed by atoms with Crippen molar-refractivity contribution in [3.63, 3.8) is 0 Å². The number of para-hydroxylation sites is 1. The number of rotatable bonds is 7. The van der Waals surface area contributed by atoms with Crippen molar-refractivity contribution in [1.82, 2.24) is 9.88 Å². The van der Waals surface area contributed by atoms with Crippen LogP contribution in [0.5, 0.6) is 5.75 Å². The van der Waals surface area contributed by atoms with E-state index in [1.54, 1.807) is 54.9 Å². The first-order valence-corrected chi connectivity index (χ1v) is 9.50. The van der Waals surface area contributed by atoms with Gasteiger partial charge in [-0.25, -0.2) is 4.98 Å². The topological polar surface area (TPSA) is 85.6 Å². The minimum Gasteiger partial charge on any atom is -0.486 e. The third kappa shape index (κ3) is 4.85. The number of amides is 1. The summed E-state index contributed by atoms with van der Waals surface area (Å²) in [6.45, 7) is 0.345. The van der Waals surface area contributed by atoms with Crippen LogP contribution < -0.4 is 4.74 Å². The van der Waals surface area contributed by atoms with Crippen LogP contribution in [-0.2, 0) is 13.2 Å². The number of nitrogens with zero attached hydrogens (tertiary/aromatic N) is 3. The maximum atomic E-state index is 12.6. The second kappa shape index (κ2) is 8.81. The van der Waals surface area contributed by atoms with E-state index in [9.17, 15) is 14.9 Å². The lowest BCUT2D eigenvalue weighted by Gasteiger charge is -2.16. The van der Waals surface area contributed by atoms with Crippen LogP contribution >= 0.6 is 22.9 Å². The molecule has 0 fully saturated rings. The molecule has 0 aliphatic carbocycles. The number of ether oxygens (including phenoxy) is 1. The first-order valence-electron chi connectivity index (χ1n) is 8.24. The second-order valence-electron chi connectivity index (χ2n) is 5.92. The lowest BCUT2D eigenvalue weighted by Crippen LogP contribution is -2.26. The average Bonchev–Trinajstić information content (AvgIpc) is 3.16. The molecule has 3 aromatic rings. The molecule has 1 aromatic heterocycles. The summed E-state index contributed by atoms with van der Waals surface area (Å²) in [6.07, 6.45) is 0. The maximum Gasteiger partial charge on any atom is 0.274 e. The summed E-state index contributed by atoms with van der Waals surface area (Å²) in [4.78, 5) is 29.0. The number of aromatic nitrogens is 1. The maximum absolute atomic E-state index is 12.6. The molecule has 1 amide bonds. The van der Waals surface area contributed by atoms with Crippen molar-refractivity contribution in [3.8, 4) is 5.75 Å². The predicted molar refractivity (Wildman–Crippen MR) is 107 cm³/mol. The van der Waals surface area contributed by atoms with Crippen LogP contribution in [-0.4, -0.2) is 27.8 Å². The second-order valence-corrected chi connectivity index (χ2v) is 7.30. The fourth-order valence-corrected chi connectivity index (χ4v) is 3.30. The van der Waals surface area contributed by atoms with Crippen molar-refractivity contribution in [2.45, 2.75) is 13.2 Å². The number of halogens is 1. The summed E-state index contributed by atoms with van der Waals surface area (Å²) in [5.74, 6) is 0.341. The highest BCUT2D eigenvalue weighted by molar-refractivity contribution is 7.09. The Hall–Kier alpha value is -2.97. The van der Waals surface area contributed by atoms with Crippen molar-refractivity contribution in [3.05, 3.63) is 85.3 Å². The average molecular weight is 418 g/mol. The summed E-state index contributed by atoms with van der Waals surface area (Å²) >= 11 is 7.15. The fourth-order valence-electron chi connectivity index (χ4n) is 2.50. The zero-order valence-electron chi connectivity index (χ0n) is 14.9. The molecule has 28 heavy (non-hydrogen) atoms. The summed E-state index contributed by atoms with van der Waals surface area (Å²) in [6, 6.07) is 13.3. The Morgan fingerprint density at radius 3 is 2.68 bits per heavy atom. The fraction of sp³-hybridized carbons (Fsp3) is 0.158. The van der Waals surface area contributed by atoms with Crippen molar-refractivity contribution < 1.29 is 14.5 Å². The van der Waals surface area contributed by atoms with Crippen molar-refractivity contribution >= 4 is 34.5 Å². The number of hydrogen-bond donors (Lipinski definition) is 0. The molecule has 1 heterocycles. The van der Waals surface area contributed by atoms with Crippen molar-refractivity contribution in [2.75, 3.05) is 7.05 Å². The molecule has 0 atom stereocenters. The van der Waals surface area contributed by atoms with Gasteiger partial charge in [0.2, 0.25) is 0 Å². The van der Waals surface area contributed by atoms with Crippen LogP contribution in [0.4, 0.5) is 5.69 Å². The molecule has 7 nitrogen and oxygen atoms in total. The Morgan fingerprint density at radius 2 is 1.96 bits per heavy atom. The lowest BCUT2D eigenvalue weighted by molar-refractivity contribution is -0.385. The number of carbonyl (C=O) groups excluding carboxylic acids is 1. The Morgan fingerprint density at radius 1 is 1.25 bits per heavy atom. The number of thiazole rings is 1. The van der Waals surface area contributed by atoms with E-state index < -0.39 is 4.92 Å². The first kappa shape index (κ1) is 19.8. The highest BCUT2D eigenvalue weighted by Crippen LogP contribution is 2.21. The smallest absolute Gasteiger partial charge is 0.274 e. The number of nitro benzene ring substituents is 1. The van der Waals surface area contributed by atoms with Gasteiger partial charge in [0.05, 0.1) is 11.5 Å². The quantitative estimate of drug-likeness (QED) is 0.415. The molecular weight excluding hydrogens is 402 g/mol. The van der Waals surface area contributed by atoms with E-state index in [1.807, 2.05) is 0 Å². The van der Waals surface area contributed by atoms with Gasteiger partial charge in [-0.1, -0.05) is 29.8 Å². The Balaban J connectivity index is 1.63. The van der Waals surface area contributed by atoms with Crippen LogP contribution in [0, 0.1) is 10.1 Å². The van der Waals surface area contributed by atoms with Crippen molar-refractivity contribution in [1.29, 1.82) is 0 Å². The molecule has 0 N–H and O–H groups in total. The van der Waals surface area contributed by atoms with Gasteiger partial charge in [-0.15, -0.1) is 11.3 Å². The van der Waals surface area contributed by atoms with E-state index in [4.69, 9.17) is 16.3 Å². The summed E-state index contributed by atoms with van der Waals surface area (Å²) in [5, 5.41) is 14.0. The van der Waals surface area contributed by atoms with Crippen LogP contribution in [0.15, 0.2) is 53.9 Å². The number of carbonyl (C=O) groups is 1. The molecule has 0 bridgehead atoms. The van der Waals surface area contributed by atoms with E-state index >= 15 is 0 Å². The van der Waals surface area contributed by atoms with Crippen LogP contribution in [0.1, 0.15) is 21.1 Å². The van der Waals surface area contributed by atoms with Crippen LogP contribution in [0.2, 0.25) is 5.02 Å². The van der Waals surface area contributed by atoms with E-state index in [1.165, 1.54) is 22.3 Å². The molecule has 0 unspecified atom stereocenters. The molecule has 0 aliphatic rings. The summed E-state index contributed by atoms with van der Waals surface area (Å²) in [5.41, 5.74) is 0.725. The highest BCUT2D eigenvalue weighted by Gasteiger charge is 2.20. The minimum absolute atomic E-state index is 0.0162. The Kier molecular flexibility index (Phi) is 6.23. The van der Waals surface area contributed by atoms with Gasteiger partial charge in [-0.2, -0.15) is 0 Å². The molecule has 3 rings (SSSR count). The monoisotopic (exact) mass is 417 g/mol. The summed E-state index contributed by atoms with van der Waals surface area (Å²) in [7, 11) is 1.59. The highest BCUT2D eigenvalue weighted by atomic mass is 35.5. The van der Waals surface area contributed by atoms with Crippen LogP contribution in [0.3, 0.4) is 0 Å². The normalized spacial score (nSPS) is 10.5. The molecule has 0 aliphatic heterocycles. The predicted octanol–water partition coefficient (Wildman–Crippen LogP) is 4.56. The molecular formula is C19H16ClN3O4S. The minimum atomic E-state index is -0.456.